The Bertz CT molecular complexity index is 337. The second-order valence-electron chi connectivity index (χ2n) is 4.02. The molecule has 0 fully saturated rings. The van der Waals surface area contributed by atoms with Gasteiger partial charge in [0.25, 0.3) is 0 Å². The molecule has 0 aromatic carbocycles. The molecule has 16 heavy (non-hydrogen) atoms. The Morgan fingerprint density at radius 3 is 2.44 bits per heavy atom. The van der Waals surface area contributed by atoms with Crippen molar-refractivity contribution >= 4 is 15.9 Å². The van der Waals surface area contributed by atoms with Gasteiger partial charge >= 0.3 is 0 Å². The van der Waals surface area contributed by atoms with Crippen LogP contribution in [0.15, 0.2) is 36.4 Å². The monoisotopic (exact) mass is 284 g/mol. The molecule has 2 unspecified atom stereocenters. The Labute approximate surface area is 105 Å². The van der Waals surface area contributed by atoms with Crippen LogP contribution in [-0.4, -0.2) is 41.6 Å². The molecule has 5 heteroatoms. The molecular weight excluding hydrogens is 268 g/mol. The van der Waals surface area contributed by atoms with Crippen LogP contribution in [0.25, 0.3) is 0 Å². The number of hydrogen-bond donors (Lipinski definition) is 2. The minimum atomic E-state index is 0.253. The van der Waals surface area contributed by atoms with Crippen molar-refractivity contribution in [3.8, 4) is 0 Å². The van der Waals surface area contributed by atoms with Crippen LogP contribution in [0.3, 0.4) is 0 Å². The zero-order chi connectivity index (χ0) is 11.5. The van der Waals surface area contributed by atoms with Gasteiger partial charge in [-0.1, -0.05) is 15.9 Å². The first-order valence-electron chi connectivity index (χ1n) is 5.28. The molecule has 2 aliphatic heterocycles. The van der Waals surface area contributed by atoms with E-state index in [1.165, 1.54) is 5.57 Å². The molecule has 4 nitrogen and oxygen atoms in total. The van der Waals surface area contributed by atoms with Gasteiger partial charge in [-0.05, 0) is 11.6 Å². The zero-order valence-corrected chi connectivity index (χ0v) is 11.1. The molecule has 2 rings (SSSR count). The van der Waals surface area contributed by atoms with Crippen LogP contribution in [-0.2, 0) is 0 Å². The third kappa shape index (κ3) is 2.19. The van der Waals surface area contributed by atoms with E-state index in [9.17, 15) is 0 Å². The number of alkyl halides is 1. The zero-order valence-electron chi connectivity index (χ0n) is 9.52. The predicted molar refractivity (Wildman–Crippen MR) is 69.5 cm³/mol. The van der Waals surface area contributed by atoms with Gasteiger partial charge in [-0.2, -0.15) is 0 Å². The highest BCUT2D eigenvalue weighted by Gasteiger charge is 2.21. The fourth-order valence-electron chi connectivity index (χ4n) is 1.87. The summed E-state index contributed by atoms with van der Waals surface area (Å²) in [5.74, 6) is 0. The molecule has 0 spiro atoms. The number of nitrogens with zero attached hydrogens (tertiary/aromatic N) is 2. The molecule has 0 aromatic rings. The summed E-state index contributed by atoms with van der Waals surface area (Å²) in [5, 5.41) is 7.48. The lowest BCUT2D eigenvalue weighted by Gasteiger charge is -2.26. The van der Waals surface area contributed by atoms with E-state index in [0.717, 1.165) is 5.33 Å². The third-order valence-electron chi connectivity index (χ3n) is 2.86. The van der Waals surface area contributed by atoms with Crippen molar-refractivity contribution in [1.29, 1.82) is 0 Å². The molecule has 0 saturated heterocycles. The number of nitrogens with one attached hydrogen (secondary N) is 2. The molecule has 0 bridgehead atoms. The van der Waals surface area contributed by atoms with E-state index in [0.29, 0.717) is 0 Å². The lowest BCUT2D eigenvalue weighted by molar-refractivity contribution is 0.359. The summed E-state index contributed by atoms with van der Waals surface area (Å²) in [7, 11) is 4.13. The second-order valence-corrected chi connectivity index (χ2v) is 4.58. The van der Waals surface area contributed by atoms with Crippen molar-refractivity contribution in [3.05, 3.63) is 36.4 Å². The van der Waals surface area contributed by atoms with Gasteiger partial charge in [0.2, 0.25) is 0 Å². The topological polar surface area (TPSA) is 30.5 Å². The SMILES string of the molecule is CN1C=CNC1/C=C(/CBr)C1NC=CN1C. The molecular formula is C11H17BrN4. The molecule has 0 aliphatic carbocycles. The standard InChI is InChI=1S/C11H17BrN4/c1-15-5-3-13-10(15)7-9(8-12)11-14-4-6-16(11)2/h3-7,10-11,13-14H,8H2,1-2H3/b9-7-. The minimum Gasteiger partial charge on any atom is -0.367 e. The molecule has 2 atom stereocenters. The van der Waals surface area contributed by atoms with Crippen LogP contribution >= 0.6 is 15.9 Å². The molecule has 2 heterocycles. The molecule has 2 aliphatic rings. The van der Waals surface area contributed by atoms with Crippen LogP contribution in [0.4, 0.5) is 0 Å². The predicted octanol–water partition coefficient (Wildman–Crippen LogP) is 0.972. The van der Waals surface area contributed by atoms with Gasteiger partial charge in [0.1, 0.15) is 12.3 Å². The van der Waals surface area contributed by atoms with E-state index in [2.05, 4.69) is 56.5 Å². The lowest BCUT2D eigenvalue weighted by Crippen LogP contribution is -2.38. The maximum atomic E-state index is 3.55. The minimum absolute atomic E-state index is 0.253. The van der Waals surface area contributed by atoms with Gasteiger partial charge < -0.3 is 20.4 Å². The van der Waals surface area contributed by atoms with Crippen LogP contribution in [0.1, 0.15) is 0 Å². The largest absolute Gasteiger partial charge is 0.367 e. The van der Waals surface area contributed by atoms with Crippen molar-refractivity contribution in [2.24, 2.45) is 0 Å². The first-order chi connectivity index (χ1) is 7.72. The van der Waals surface area contributed by atoms with E-state index in [1.54, 1.807) is 0 Å². The second kappa shape index (κ2) is 4.82. The van der Waals surface area contributed by atoms with Gasteiger partial charge in [0.15, 0.2) is 0 Å². The van der Waals surface area contributed by atoms with E-state index in [1.807, 2.05) is 24.8 Å². The van der Waals surface area contributed by atoms with Crippen LogP contribution < -0.4 is 10.6 Å². The molecule has 88 valence electrons. The number of likely N-dealkylation sites (N-methyl/N-ethyl adjacent to an activating group) is 2. The van der Waals surface area contributed by atoms with Crippen molar-refractivity contribution in [2.45, 2.75) is 12.3 Å². The number of hydrogen-bond acceptors (Lipinski definition) is 4. The first-order valence-corrected chi connectivity index (χ1v) is 6.40. The highest BCUT2D eigenvalue weighted by molar-refractivity contribution is 9.09. The molecule has 2 N–H and O–H groups in total. The van der Waals surface area contributed by atoms with Crippen molar-refractivity contribution < 1.29 is 0 Å². The lowest BCUT2D eigenvalue weighted by atomic mass is 10.2. The number of rotatable bonds is 3. The quantitative estimate of drug-likeness (QED) is 0.597. The van der Waals surface area contributed by atoms with Crippen LogP contribution in [0.2, 0.25) is 0 Å². The Morgan fingerprint density at radius 1 is 1.25 bits per heavy atom. The van der Waals surface area contributed by atoms with E-state index >= 15 is 0 Å². The van der Waals surface area contributed by atoms with Gasteiger partial charge in [-0.25, -0.2) is 0 Å². The van der Waals surface area contributed by atoms with E-state index in [-0.39, 0.29) is 12.3 Å². The molecule has 0 aromatic heterocycles. The van der Waals surface area contributed by atoms with Gasteiger partial charge in [-0.15, -0.1) is 0 Å². The van der Waals surface area contributed by atoms with Crippen LogP contribution in [0.5, 0.6) is 0 Å². The third-order valence-corrected chi connectivity index (χ3v) is 3.51. The summed E-state index contributed by atoms with van der Waals surface area (Å²) in [4.78, 5) is 4.31. The van der Waals surface area contributed by atoms with Crippen molar-refractivity contribution in [1.82, 2.24) is 20.4 Å². The fourth-order valence-corrected chi connectivity index (χ4v) is 2.36. The Morgan fingerprint density at radius 2 is 1.94 bits per heavy atom. The summed E-state index contributed by atoms with van der Waals surface area (Å²) < 4.78 is 0. The Hall–Kier alpha value is -1.10. The summed E-state index contributed by atoms with van der Waals surface area (Å²) >= 11 is 3.55. The first kappa shape index (κ1) is 11.4. The highest BCUT2D eigenvalue weighted by atomic mass is 79.9. The van der Waals surface area contributed by atoms with Crippen LogP contribution in [0, 0.1) is 0 Å². The average molecular weight is 285 g/mol. The van der Waals surface area contributed by atoms with Gasteiger partial charge in [0.05, 0.1) is 0 Å². The van der Waals surface area contributed by atoms with Crippen molar-refractivity contribution in [3.63, 3.8) is 0 Å². The Balaban J connectivity index is 2.07. The van der Waals surface area contributed by atoms with Crippen molar-refractivity contribution in [2.75, 3.05) is 19.4 Å². The van der Waals surface area contributed by atoms with Gasteiger partial charge in [0, 0.05) is 44.2 Å². The van der Waals surface area contributed by atoms with E-state index < -0.39 is 0 Å². The summed E-state index contributed by atoms with van der Waals surface area (Å²) in [6, 6.07) is 0. The summed E-state index contributed by atoms with van der Waals surface area (Å²) in [6.45, 7) is 0. The fraction of sp³-hybridized carbons (Fsp3) is 0.455. The summed E-state index contributed by atoms with van der Waals surface area (Å²) in [5.41, 5.74) is 1.32. The van der Waals surface area contributed by atoms with Gasteiger partial charge in [-0.3, -0.25) is 0 Å². The molecule has 0 saturated carbocycles. The average Bonchev–Trinajstić information content (AvgIpc) is 2.85. The maximum Gasteiger partial charge on any atom is 0.121 e. The van der Waals surface area contributed by atoms with E-state index in [4.69, 9.17) is 0 Å². The number of halogens is 1. The maximum absolute atomic E-state index is 3.55. The molecule has 0 radical (unpaired) electrons. The summed E-state index contributed by atoms with van der Waals surface area (Å²) in [6.07, 6.45) is 10.8. The Kier molecular flexibility index (Phi) is 3.43. The normalized spacial score (nSPS) is 28.6. The smallest absolute Gasteiger partial charge is 0.121 e. The molecule has 0 amide bonds. The highest BCUT2D eigenvalue weighted by Crippen LogP contribution is 2.16.